The number of hydrogen-bond acceptors (Lipinski definition) is 1. The normalized spacial score (nSPS) is 10.6. The van der Waals surface area contributed by atoms with E-state index in [1.165, 1.54) is 5.56 Å². The molecule has 0 bridgehead atoms. The SMILES string of the molecule is Cc1ccc(NC(=O)CC(c2ccccc2)c2ccccc2)cc1. The van der Waals surface area contributed by atoms with Crippen molar-refractivity contribution in [2.75, 3.05) is 5.32 Å². The minimum Gasteiger partial charge on any atom is -0.326 e. The molecule has 0 atom stereocenters. The maximum atomic E-state index is 12.5. The molecule has 0 aliphatic heterocycles. The Balaban J connectivity index is 1.79. The fourth-order valence-electron chi connectivity index (χ4n) is 2.83. The van der Waals surface area contributed by atoms with Gasteiger partial charge in [0, 0.05) is 18.0 Å². The van der Waals surface area contributed by atoms with Crippen molar-refractivity contribution in [2.24, 2.45) is 0 Å². The number of amides is 1. The van der Waals surface area contributed by atoms with Crippen molar-refractivity contribution in [2.45, 2.75) is 19.3 Å². The number of benzene rings is 3. The lowest BCUT2D eigenvalue weighted by Gasteiger charge is -2.18. The summed E-state index contributed by atoms with van der Waals surface area (Å²) >= 11 is 0. The molecule has 3 aromatic carbocycles. The fraction of sp³-hybridized carbons (Fsp3) is 0.136. The van der Waals surface area contributed by atoms with Gasteiger partial charge in [-0.3, -0.25) is 4.79 Å². The molecule has 0 saturated heterocycles. The molecule has 0 spiro atoms. The Kier molecular flexibility index (Phi) is 5.07. The molecule has 120 valence electrons. The van der Waals surface area contributed by atoms with Gasteiger partial charge in [-0.05, 0) is 30.2 Å². The van der Waals surface area contributed by atoms with E-state index in [2.05, 4.69) is 29.6 Å². The van der Waals surface area contributed by atoms with Gasteiger partial charge >= 0.3 is 0 Å². The summed E-state index contributed by atoms with van der Waals surface area (Å²) in [6.45, 7) is 2.03. The van der Waals surface area contributed by atoms with E-state index in [0.717, 1.165) is 16.8 Å². The summed E-state index contributed by atoms with van der Waals surface area (Å²) in [6, 6.07) is 28.3. The van der Waals surface area contributed by atoms with Crippen molar-refractivity contribution in [3.63, 3.8) is 0 Å². The van der Waals surface area contributed by atoms with Crippen LogP contribution in [-0.4, -0.2) is 5.91 Å². The fourth-order valence-corrected chi connectivity index (χ4v) is 2.83. The van der Waals surface area contributed by atoms with Gasteiger partial charge in [-0.1, -0.05) is 78.4 Å². The van der Waals surface area contributed by atoms with Crippen LogP contribution in [0.1, 0.15) is 29.0 Å². The summed E-state index contributed by atoms with van der Waals surface area (Å²) in [6.07, 6.45) is 0.419. The Bertz CT molecular complexity index is 740. The predicted molar refractivity (Wildman–Crippen MR) is 99.2 cm³/mol. The third-order valence-electron chi connectivity index (χ3n) is 4.13. The van der Waals surface area contributed by atoms with Crippen molar-refractivity contribution in [3.05, 3.63) is 102 Å². The quantitative estimate of drug-likeness (QED) is 0.692. The highest BCUT2D eigenvalue weighted by Crippen LogP contribution is 2.28. The van der Waals surface area contributed by atoms with Gasteiger partial charge in [0.25, 0.3) is 0 Å². The number of nitrogens with one attached hydrogen (secondary N) is 1. The van der Waals surface area contributed by atoms with Gasteiger partial charge in [0.1, 0.15) is 0 Å². The highest BCUT2D eigenvalue weighted by molar-refractivity contribution is 5.91. The van der Waals surface area contributed by atoms with Crippen LogP contribution in [0.15, 0.2) is 84.9 Å². The molecule has 3 rings (SSSR count). The molecule has 2 nitrogen and oxygen atoms in total. The van der Waals surface area contributed by atoms with Gasteiger partial charge in [-0.15, -0.1) is 0 Å². The van der Waals surface area contributed by atoms with Crippen LogP contribution in [0.5, 0.6) is 0 Å². The number of carbonyl (C=O) groups excluding carboxylic acids is 1. The monoisotopic (exact) mass is 315 g/mol. The first-order chi connectivity index (χ1) is 11.7. The Labute approximate surface area is 143 Å². The van der Waals surface area contributed by atoms with E-state index in [4.69, 9.17) is 0 Å². The molecule has 0 heterocycles. The zero-order valence-electron chi connectivity index (χ0n) is 13.8. The second-order valence-corrected chi connectivity index (χ2v) is 5.99. The minimum absolute atomic E-state index is 0.0246. The highest BCUT2D eigenvalue weighted by atomic mass is 16.1. The smallest absolute Gasteiger partial charge is 0.225 e. The first kappa shape index (κ1) is 16.0. The van der Waals surface area contributed by atoms with Crippen LogP contribution in [-0.2, 0) is 4.79 Å². The summed E-state index contributed by atoms with van der Waals surface area (Å²) < 4.78 is 0. The van der Waals surface area contributed by atoms with Crippen molar-refractivity contribution in [1.82, 2.24) is 0 Å². The zero-order valence-corrected chi connectivity index (χ0v) is 13.8. The van der Waals surface area contributed by atoms with Crippen LogP contribution < -0.4 is 5.32 Å². The van der Waals surface area contributed by atoms with E-state index >= 15 is 0 Å². The predicted octanol–water partition coefficient (Wildman–Crippen LogP) is 5.16. The standard InChI is InChI=1S/C22H21NO/c1-17-12-14-20(15-13-17)23-22(24)16-21(18-8-4-2-5-9-18)19-10-6-3-7-11-19/h2-15,21H,16H2,1H3,(H,23,24). The van der Waals surface area contributed by atoms with E-state index in [-0.39, 0.29) is 11.8 Å². The topological polar surface area (TPSA) is 29.1 Å². The highest BCUT2D eigenvalue weighted by Gasteiger charge is 2.18. The van der Waals surface area contributed by atoms with Crippen molar-refractivity contribution in [3.8, 4) is 0 Å². The molecular weight excluding hydrogens is 294 g/mol. The molecule has 0 aliphatic rings. The molecule has 2 heteroatoms. The number of anilines is 1. The molecule has 0 saturated carbocycles. The largest absolute Gasteiger partial charge is 0.326 e. The van der Waals surface area contributed by atoms with Gasteiger partial charge in [-0.2, -0.15) is 0 Å². The molecule has 0 aromatic heterocycles. The van der Waals surface area contributed by atoms with Gasteiger partial charge in [0.2, 0.25) is 5.91 Å². The van der Waals surface area contributed by atoms with Crippen molar-refractivity contribution in [1.29, 1.82) is 0 Å². The van der Waals surface area contributed by atoms with E-state index in [1.807, 2.05) is 67.6 Å². The maximum Gasteiger partial charge on any atom is 0.225 e. The molecular formula is C22H21NO. The second kappa shape index (κ2) is 7.60. The van der Waals surface area contributed by atoms with E-state index in [0.29, 0.717) is 6.42 Å². The Morgan fingerprint density at radius 2 is 1.29 bits per heavy atom. The first-order valence-electron chi connectivity index (χ1n) is 8.19. The van der Waals surface area contributed by atoms with Gasteiger partial charge in [0.05, 0.1) is 0 Å². The average Bonchev–Trinajstić information content (AvgIpc) is 2.63. The summed E-state index contributed by atoms with van der Waals surface area (Å²) in [4.78, 5) is 12.5. The van der Waals surface area contributed by atoms with Gasteiger partial charge in [0.15, 0.2) is 0 Å². The zero-order chi connectivity index (χ0) is 16.8. The van der Waals surface area contributed by atoms with Gasteiger partial charge in [-0.25, -0.2) is 0 Å². The van der Waals surface area contributed by atoms with Crippen molar-refractivity contribution >= 4 is 11.6 Å². The van der Waals surface area contributed by atoms with Crippen LogP contribution in [0.2, 0.25) is 0 Å². The van der Waals surface area contributed by atoms with Gasteiger partial charge < -0.3 is 5.32 Å². The second-order valence-electron chi connectivity index (χ2n) is 5.99. The minimum atomic E-state index is 0.0246. The summed E-state index contributed by atoms with van der Waals surface area (Å²) in [5, 5.41) is 3.00. The van der Waals surface area contributed by atoms with Crippen LogP contribution in [0.4, 0.5) is 5.69 Å². The summed E-state index contributed by atoms with van der Waals surface area (Å²) in [7, 11) is 0. The molecule has 0 unspecified atom stereocenters. The third-order valence-corrected chi connectivity index (χ3v) is 4.13. The van der Waals surface area contributed by atoms with E-state index in [9.17, 15) is 4.79 Å². The van der Waals surface area contributed by atoms with E-state index < -0.39 is 0 Å². The number of hydrogen-bond donors (Lipinski definition) is 1. The summed E-state index contributed by atoms with van der Waals surface area (Å²) in [5.41, 5.74) is 4.33. The number of carbonyl (C=O) groups is 1. The maximum absolute atomic E-state index is 12.5. The molecule has 0 aliphatic carbocycles. The van der Waals surface area contributed by atoms with Crippen LogP contribution >= 0.6 is 0 Å². The van der Waals surface area contributed by atoms with Crippen LogP contribution in [0, 0.1) is 6.92 Å². The lowest BCUT2D eigenvalue weighted by atomic mass is 9.88. The Hall–Kier alpha value is -2.87. The molecule has 0 fully saturated rings. The molecule has 0 radical (unpaired) electrons. The number of rotatable bonds is 5. The van der Waals surface area contributed by atoms with E-state index in [1.54, 1.807) is 0 Å². The summed E-state index contributed by atoms with van der Waals surface area (Å²) in [5.74, 6) is 0.0782. The molecule has 1 amide bonds. The first-order valence-corrected chi connectivity index (χ1v) is 8.19. The molecule has 3 aromatic rings. The average molecular weight is 315 g/mol. The Morgan fingerprint density at radius 1 is 0.792 bits per heavy atom. The Morgan fingerprint density at radius 3 is 1.79 bits per heavy atom. The molecule has 24 heavy (non-hydrogen) atoms. The van der Waals surface area contributed by atoms with Crippen LogP contribution in [0.25, 0.3) is 0 Å². The van der Waals surface area contributed by atoms with Crippen LogP contribution in [0.3, 0.4) is 0 Å². The lowest BCUT2D eigenvalue weighted by Crippen LogP contribution is -2.16. The number of aryl methyl sites for hydroxylation is 1. The lowest BCUT2D eigenvalue weighted by molar-refractivity contribution is -0.116. The molecule has 1 N–H and O–H groups in total. The van der Waals surface area contributed by atoms with Crippen molar-refractivity contribution < 1.29 is 4.79 Å². The third kappa shape index (κ3) is 4.11.